The third kappa shape index (κ3) is 4.89. The van der Waals surface area contributed by atoms with Crippen molar-refractivity contribution in [3.8, 4) is 5.75 Å². The Bertz CT molecular complexity index is 1150. The van der Waals surface area contributed by atoms with Gasteiger partial charge in [-0.15, -0.1) is 11.8 Å². The number of nitrogens with zero attached hydrogens (tertiary/aromatic N) is 3. The maximum absolute atomic E-state index is 13.3. The standard InChI is InChI=1S/C24H23N3O2S2/c1-16-7-8-17(2)23-22(16)26-24(31-23)27(14-18-6-4-5-13-25-18)21(28)15-30-20-11-9-19(29-3)10-12-20/h4-13H,14-15H2,1-3H3. The third-order valence-electron chi connectivity index (χ3n) is 4.93. The van der Waals surface area contributed by atoms with Crippen molar-refractivity contribution in [2.24, 2.45) is 0 Å². The molecule has 0 aliphatic carbocycles. The second-order valence-corrected chi connectivity index (χ2v) is 9.16. The minimum atomic E-state index is 0.000772. The summed E-state index contributed by atoms with van der Waals surface area (Å²) >= 11 is 3.06. The Morgan fingerprint density at radius 2 is 1.84 bits per heavy atom. The van der Waals surface area contributed by atoms with Gasteiger partial charge >= 0.3 is 0 Å². The number of methoxy groups -OCH3 is 1. The van der Waals surface area contributed by atoms with Gasteiger partial charge in [0.05, 0.1) is 35.3 Å². The molecule has 2 aromatic carbocycles. The fourth-order valence-corrected chi connectivity index (χ4v) is 5.08. The summed E-state index contributed by atoms with van der Waals surface area (Å²) in [6.45, 7) is 4.52. The number of carbonyl (C=O) groups excluding carboxylic acids is 1. The monoisotopic (exact) mass is 449 g/mol. The van der Waals surface area contributed by atoms with E-state index in [1.807, 2.05) is 42.5 Å². The molecule has 31 heavy (non-hydrogen) atoms. The molecule has 0 spiro atoms. The van der Waals surface area contributed by atoms with Gasteiger partial charge in [0.25, 0.3) is 0 Å². The van der Waals surface area contributed by atoms with E-state index in [9.17, 15) is 4.79 Å². The number of thiazole rings is 1. The van der Waals surface area contributed by atoms with E-state index in [1.54, 1.807) is 29.5 Å². The van der Waals surface area contributed by atoms with Crippen molar-refractivity contribution < 1.29 is 9.53 Å². The van der Waals surface area contributed by atoms with Crippen LogP contribution in [-0.4, -0.2) is 28.7 Å². The molecule has 0 fully saturated rings. The molecule has 0 radical (unpaired) electrons. The van der Waals surface area contributed by atoms with E-state index >= 15 is 0 Å². The van der Waals surface area contributed by atoms with Crippen LogP contribution in [0.5, 0.6) is 5.75 Å². The van der Waals surface area contributed by atoms with E-state index in [0.29, 0.717) is 17.4 Å². The van der Waals surface area contributed by atoms with Gasteiger partial charge in [-0.2, -0.15) is 0 Å². The van der Waals surface area contributed by atoms with E-state index in [4.69, 9.17) is 9.72 Å². The average Bonchev–Trinajstić information content (AvgIpc) is 3.26. The second kappa shape index (κ2) is 9.49. The van der Waals surface area contributed by atoms with Crippen molar-refractivity contribution >= 4 is 44.4 Å². The van der Waals surface area contributed by atoms with Crippen LogP contribution in [0.25, 0.3) is 10.2 Å². The normalized spacial score (nSPS) is 10.9. The first-order valence-corrected chi connectivity index (χ1v) is 11.7. The number of rotatable bonds is 7. The first kappa shape index (κ1) is 21.3. The Balaban J connectivity index is 1.61. The lowest BCUT2D eigenvalue weighted by Crippen LogP contribution is -2.32. The van der Waals surface area contributed by atoms with Crippen molar-refractivity contribution in [3.05, 3.63) is 77.6 Å². The first-order chi connectivity index (χ1) is 15.0. The highest BCUT2D eigenvalue weighted by Crippen LogP contribution is 2.34. The number of anilines is 1. The number of carbonyl (C=O) groups is 1. The molecule has 0 bridgehead atoms. The van der Waals surface area contributed by atoms with Gasteiger partial charge in [0.1, 0.15) is 5.75 Å². The largest absolute Gasteiger partial charge is 0.497 e. The Kier molecular flexibility index (Phi) is 6.53. The van der Waals surface area contributed by atoms with Gasteiger partial charge in [-0.05, 0) is 61.4 Å². The number of ether oxygens (including phenoxy) is 1. The van der Waals surface area contributed by atoms with Crippen LogP contribution in [0.4, 0.5) is 5.13 Å². The number of pyridine rings is 1. The molecule has 4 rings (SSSR count). The van der Waals surface area contributed by atoms with Crippen molar-refractivity contribution in [3.63, 3.8) is 0 Å². The zero-order valence-corrected chi connectivity index (χ0v) is 19.3. The molecule has 0 unspecified atom stereocenters. The number of aryl methyl sites for hydroxylation is 2. The van der Waals surface area contributed by atoms with E-state index in [0.717, 1.165) is 32.1 Å². The Morgan fingerprint density at radius 3 is 2.52 bits per heavy atom. The van der Waals surface area contributed by atoms with E-state index < -0.39 is 0 Å². The summed E-state index contributed by atoms with van der Waals surface area (Å²) in [6, 6.07) is 17.6. The fraction of sp³-hybridized carbons (Fsp3) is 0.208. The van der Waals surface area contributed by atoms with Crippen molar-refractivity contribution in [2.75, 3.05) is 17.8 Å². The minimum absolute atomic E-state index is 0.000772. The summed E-state index contributed by atoms with van der Waals surface area (Å²) < 4.78 is 6.33. The summed E-state index contributed by atoms with van der Waals surface area (Å²) in [7, 11) is 1.64. The highest BCUT2D eigenvalue weighted by molar-refractivity contribution is 8.00. The van der Waals surface area contributed by atoms with Gasteiger partial charge in [0.15, 0.2) is 5.13 Å². The molecule has 4 aromatic rings. The molecule has 0 aliphatic heterocycles. The number of thioether (sulfide) groups is 1. The molecule has 0 saturated heterocycles. The first-order valence-electron chi connectivity index (χ1n) is 9.89. The second-order valence-electron chi connectivity index (χ2n) is 7.14. The number of hydrogen-bond acceptors (Lipinski definition) is 6. The molecule has 0 aliphatic rings. The topological polar surface area (TPSA) is 55.3 Å². The van der Waals surface area contributed by atoms with Gasteiger partial charge in [-0.3, -0.25) is 14.7 Å². The molecule has 0 atom stereocenters. The molecule has 5 nitrogen and oxygen atoms in total. The maximum atomic E-state index is 13.3. The molecule has 7 heteroatoms. The van der Waals surface area contributed by atoms with Crippen LogP contribution >= 0.6 is 23.1 Å². The van der Waals surface area contributed by atoms with Crippen molar-refractivity contribution in [1.29, 1.82) is 0 Å². The molecule has 2 aromatic heterocycles. The predicted octanol–water partition coefficient (Wildman–Crippen LogP) is 5.64. The molecular formula is C24H23N3O2S2. The molecular weight excluding hydrogens is 426 g/mol. The van der Waals surface area contributed by atoms with Crippen LogP contribution < -0.4 is 9.64 Å². The molecule has 158 valence electrons. The summed E-state index contributed by atoms with van der Waals surface area (Å²) in [5.74, 6) is 1.11. The third-order valence-corrected chi connectivity index (χ3v) is 7.14. The fourth-order valence-electron chi connectivity index (χ4n) is 3.17. The lowest BCUT2D eigenvalue weighted by molar-refractivity contribution is -0.116. The van der Waals surface area contributed by atoms with Crippen LogP contribution in [0.1, 0.15) is 16.8 Å². The Hall–Kier alpha value is -2.90. The van der Waals surface area contributed by atoms with Crippen LogP contribution in [0, 0.1) is 13.8 Å². The lowest BCUT2D eigenvalue weighted by atomic mass is 10.1. The predicted molar refractivity (Wildman–Crippen MR) is 128 cm³/mol. The molecule has 1 amide bonds. The number of amides is 1. The van der Waals surface area contributed by atoms with E-state index in [2.05, 4.69) is 31.0 Å². The van der Waals surface area contributed by atoms with E-state index in [-0.39, 0.29) is 5.91 Å². The zero-order valence-electron chi connectivity index (χ0n) is 17.7. The van der Waals surface area contributed by atoms with Gasteiger partial charge in [0, 0.05) is 11.1 Å². The summed E-state index contributed by atoms with van der Waals surface area (Å²) in [6.07, 6.45) is 1.75. The van der Waals surface area contributed by atoms with Crippen molar-refractivity contribution in [2.45, 2.75) is 25.3 Å². The van der Waals surface area contributed by atoms with Crippen LogP contribution in [-0.2, 0) is 11.3 Å². The highest BCUT2D eigenvalue weighted by atomic mass is 32.2. The summed E-state index contributed by atoms with van der Waals surface area (Å²) in [4.78, 5) is 25.3. The Labute approximate surface area is 190 Å². The Morgan fingerprint density at radius 1 is 1.06 bits per heavy atom. The zero-order chi connectivity index (χ0) is 21.8. The van der Waals surface area contributed by atoms with E-state index in [1.165, 1.54) is 17.3 Å². The SMILES string of the molecule is COc1ccc(SCC(=O)N(Cc2ccccn2)c2nc3c(C)ccc(C)c3s2)cc1. The summed E-state index contributed by atoms with van der Waals surface area (Å²) in [5, 5.41) is 0.707. The van der Waals surface area contributed by atoms with Crippen LogP contribution in [0.15, 0.2) is 65.7 Å². The van der Waals surface area contributed by atoms with Crippen LogP contribution in [0.2, 0.25) is 0 Å². The molecule has 0 saturated carbocycles. The average molecular weight is 450 g/mol. The van der Waals surface area contributed by atoms with Gasteiger partial charge in [-0.25, -0.2) is 4.98 Å². The maximum Gasteiger partial charge on any atom is 0.239 e. The number of fused-ring (bicyclic) bond motifs is 1. The van der Waals surface area contributed by atoms with Gasteiger partial charge in [0.2, 0.25) is 5.91 Å². The highest BCUT2D eigenvalue weighted by Gasteiger charge is 2.22. The smallest absolute Gasteiger partial charge is 0.239 e. The van der Waals surface area contributed by atoms with Crippen LogP contribution in [0.3, 0.4) is 0 Å². The summed E-state index contributed by atoms with van der Waals surface area (Å²) in [5.41, 5.74) is 4.07. The quantitative estimate of drug-likeness (QED) is 0.342. The number of aromatic nitrogens is 2. The number of hydrogen-bond donors (Lipinski definition) is 0. The molecule has 0 N–H and O–H groups in total. The minimum Gasteiger partial charge on any atom is -0.497 e. The van der Waals surface area contributed by atoms with Gasteiger partial charge in [-0.1, -0.05) is 29.5 Å². The number of benzene rings is 2. The van der Waals surface area contributed by atoms with Gasteiger partial charge < -0.3 is 4.74 Å². The van der Waals surface area contributed by atoms with Crippen molar-refractivity contribution in [1.82, 2.24) is 9.97 Å². The lowest BCUT2D eigenvalue weighted by Gasteiger charge is -2.19. The molecule has 2 heterocycles.